The number of nitrogens with one attached hydrogen (secondary N) is 1. The number of fused-ring (bicyclic) bond motifs is 1. The van der Waals surface area contributed by atoms with Gasteiger partial charge in [-0.1, -0.05) is 13.0 Å². The largest absolute Gasteiger partial charge is 0.495 e. The Kier molecular flexibility index (Phi) is 7.32. The van der Waals surface area contributed by atoms with Gasteiger partial charge in [0.15, 0.2) is 15.6 Å². The molecular weight excluding hydrogens is 504 g/mol. The number of aromatic nitrogens is 2. The predicted molar refractivity (Wildman–Crippen MR) is 128 cm³/mol. The number of hydrogen-bond acceptors (Lipinski definition) is 7. The summed E-state index contributed by atoms with van der Waals surface area (Å²) in [5.74, 6) is -0.460. The zero-order valence-electron chi connectivity index (χ0n) is 19.9. The average molecular weight is 532 g/mol. The highest BCUT2D eigenvalue weighted by Gasteiger charge is 2.34. The Bertz CT molecular complexity index is 1450. The minimum atomic E-state index is -3.82. The summed E-state index contributed by atoms with van der Waals surface area (Å²) in [5, 5.41) is 0. The molecule has 1 N–H and O–H groups in total. The van der Waals surface area contributed by atoms with Crippen LogP contribution >= 0.6 is 0 Å². The summed E-state index contributed by atoms with van der Waals surface area (Å²) < 4.78 is 89.3. The highest BCUT2D eigenvalue weighted by Crippen LogP contribution is 2.36. The molecule has 0 radical (unpaired) electrons. The van der Waals surface area contributed by atoms with Crippen LogP contribution in [-0.2, 0) is 19.9 Å². The number of halogens is 2. The molecule has 2 heterocycles. The van der Waals surface area contributed by atoms with Crippen molar-refractivity contribution in [2.24, 2.45) is 0 Å². The van der Waals surface area contributed by atoms with E-state index in [1.165, 1.54) is 48.2 Å². The van der Waals surface area contributed by atoms with Crippen LogP contribution in [0.2, 0.25) is 0 Å². The Balaban J connectivity index is 2.19. The maximum Gasteiger partial charge on any atom is 0.387 e. The van der Waals surface area contributed by atoms with Crippen LogP contribution in [-0.4, -0.2) is 50.4 Å². The van der Waals surface area contributed by atoms with Crippen molar-refractivity contribution in [3.05, 3.63) is 36.7 Å². The minimum Gasteiger partial charge on any atom is -0.495 e. The second kappa shape index (κ2) is 9.61. The average Bonchev–Trinajstić information content (AvgIpc) is 3.15. The fourth-order valence-corrected chi connectivity index (χ4v) is 5.79. The van der Waals surface area contributed by atoms with Crippen molar-refractivity contribution in [1.29, 1.82) is 0 Å². The first-order valence-corrected chi connectivity index (χ1v) is 13.7. The molecule has 3 aromatic rings. The normalized spacial score (nSPS) is 12.8. The van der Waals surface area contributed by atoms with Crippen molar-refractivity contribution in [2.45, 2.75) is 50.4 Å². The van der Waals surface area contributed by atoms with Crippen molar-refractivity contribution >= 4 is 31.2 Å². The minimum absolute atomic E-state index is 0.0627. The zero-order chi connectivity index (χ0) is 26.2. The Labute approximate surface area is 203 Å². The molecule has 35 heavy (non-hydrogen) atoms. The Hall–Kier alpha value is -2.93. The van der Waals surface area contributed by atoms with Crippen molar-refractivity contribution in [3.8, 4) is 22.8 Å². The molecule has 0 aliphatic heterocycles. The van der Waals surface area contributed by atoms with Crippen LogP contribution in [0.25, 0.3) is 16.9 Å². The fraction of sp³-hybridized carbons (Fsp3) is 0.409. The summed E-state index contributed by atoms with van der Waals surface area (Å²) >= 11 is 0. The molecule has 192 valence electrons. The van der Waals surface area contributed by atoms with Gasteiger partial charge in [-0.15, -0.1) is 0 Å². The summed E-state index contributed by atoms with van der Waals surface area (Å²) in [7, 11) is -6.23. The van der Waals surface area contributed by atoms with Gasteiger partial charge >= 0.3 is 6.61 Å². The molecule has 13 heteroatoms. The Morgan fingerprint density at radius 2 is 1.80 bits per heavy atom. The zero-order valence-corrected chi connectivity index (χ0v) is 21.5. The lowest BCUT2D eigenvalue weighted by Gasteiger charge is -2.21. The number of sulfone groups is 1. The number of nitrogens with zero attached hydrogens (tertiary/aromatic N) is 2. The van der Waals surface area contributed by atoms with Gasteiger partial charge in [0.2, 0.25) is 10.0 Å². The number of rotatable bonds is 9. The number of alkyl halides is 2. The van der Waals surface area contributed by atoms with Gasteiger partial charge in [-0.05, 0) is 39.3 Å². The third-order valence-electron chi connectivity index (χ3n) is 5.12. The fourth-order valence-electron chi connectivity index (χ4n) is 3.34. The molecule has 2 aromatic heterocycles. The monoisotopic (exact) mass is 531 g/mol. The van der Waals surface area contributed by atoms with E-state index >= 15 is 0 Å². The number of pyridine rings is 1. The molecule has 0 aliphatic carbocycles. The van der Waals surface area contributed by atoms with Gasteiger partial charge in [0.1, 0.15) is 16.3 Å². The SMILES string of the molecule is CCCS(=O)(=O)Nc1ccc(-c2cnc3cc(OC)c(S(=O)(=O)C(C)(C)C)cn23)cc1OC(F)F. The number of methoxy groups -OCH3 is 1. The van der Waals surface area contributed by atoms with Crippen LogP contribution in [0, 0.1) is 0 Å². The van der Waals surface area contributed by atoms with E-state index in [1.807, 2.05) is 0 Å². The molecule has 3 rings (SSSR count). The van der Waals surface area contributed by atoms with Gasteiger partial charge in [-0.3, -0.25) is 9.12 Å². The maximum absolute atomic E-state index is 13.2. The third-order valence-corrected chi connectivity index (χ3v) is 9.10. The third kappa shape index (κ3) is 5.50. The van der Waals surface area contributed by atoms with Gasteiger partial charge in [0.25, 0.3) is 0 Å². The molecule has 0 spiro atoms. The number of sulfonamides is 1. The van der Waals surface area contributed by atoms with Crippen LogP contribution in [0.4, 0.5) is 14.5 Å². The molecule has 0 amide bonds. The van der Waals surface area contributed by atoms with E-state index in [9.17, 15) is 25.6 Å². The predicted octanol–water partition coefficient (Wildman–Crippen LogP) is 4.34. The van der Waals surface area contributed by atoms with E-state index < -0.39 is 31.2 Å². The number of ether oxygens (including phenoxy) is 2. The molecule has 9 nitrogen and oxygen atoms in total. The number of imidazole rings is 1. The summed E-state index contributed by atoms with van der Waals surface area (Å²) in [6.45, 7) is 3.16. The lowest BCUT2D eigenvalue weighted by atomic mass is 10.1. The van der Waals surface area contributed by atoms with Gasteiger partial charge in [-0.2, -0.15) is 8.78 Å². The summed E-state index contributed by atoms with van der Waals surface area (Å²) in [5.41, 5.74) is 0.925. The second-order valence-electron chi connectivity index (χ2n) is 8.70. The highest BCUT2D eigenvalue weighted by atomic mass is 32.2. The van der Waals surface area contributed by atoms with Crippen molar-refractivity contribution < 1.29 is 35.1 Å². The van der Waals surface area contributed by atoms with Crippen LogP contribution < -0.4 is 14.2 Å². The van der Waals surface area contributed by atoms with Crippen molar-refractivity contribution in [3.63, 3.8) is 0 Å². The molecule has 0 atom stereocenters. The molecular formula is C22H27F2N3O6S2. The molecule has 0 unspecified atom stereocenters. The lowest BCUT2D eigenvalue weighted by molar-refractivity contribution is -0.0493. The van der Waals surface area contributed by atoms with Crippen LogP contribution in [0.3, 0.4) is 0 Å². The molecule has 0 fully saturated rings. The summed E-state index contributed by atoms with van der Waals surface area (Å²) in [6, 6.07) is 5.50. The van der Waals surface area contributed by atoms with Crippen molar-refractivity contribution in [2.75, 3.05) is 17.6 Å². The van der Waals surface area contributed by atoms with Gasteiger partial charge in [-0.25, -0.2) is 21.8 Å². The number of hydrogen-bond donors (Lipinski definition) is 1. The maximum atomic E-state index is 13.2. The quantitative estimate of drug-likeness (QED) is 0.437. The molecule has 0 saturated heterocycles. The van der Waals surface area contributed by atoms with Gasteiger partial charge in [0.05, 0.1) is 35.2 Å². The van der Waals surface area contributed by atoms with Crippen LogP contribution in [0.5, 0.6) is 11.5 Å². The van der Waals surface area contributed by atoms with E-state index in [4.69, 9.17) is 4.74 Å². The van der Waals surface area contributed by atoms with Crippen LogP contribution in [0.1, 0.15) is 34.1 Å². The van der Waals surface area contributed by atoms with E-state index in [0.717, 1.165) is 0 Å². The smallest absolute Gasteiger partial charge is 0.387 e. The van der Waals surface area contributed by atoms with E-state index in [2.05, 4.69) is 14.4 Å². The summed E-state index contributed by atoms with van der Waals surface area (Å²) in [4.78, 5) is 4.21. The van der Waals surface area contributed by atoms with Crippen LogP contribution in [0.15, 0.2) is 41.6 Å². The standard InChI is InChI=1S/C22H27F2N3O6S2/c1-6-9-34(28,29)26-15-8-7-14(10-17(15)33-21(23)24)16-12-25-20-11-18(32-5)19(13-27(16)20)35(30,31)22(2,3)4/h7-8,10-13,21,26H,6,9H2,1-5H3. The second-order valence-corrected chi connectivity index (χ2v) is 13.2. The van der Waals surface area contributed by atoms with Crippen molar-refractivity contribution in [1.82, 2.24) is 9.38 Å². The highest BCUT2D eigenvalue weighted by molar-refractivity contribution is 7.93. The summed E-state index contributed by atoms with van der Waals surface area (Å²) in [6.07, 6.45) is 3.14. The molecule has 0 saturated carbocycles. The molecule has 1 aromatic carbocycles. The Morgan fingerprint density at radius 1 is 1.11 bits per heavy atom. The number of benzene rings is 1. The first kappa shape index (κ1) is 26.7. The first-order chi connectivity index (χ1) is 16.2. The van der Waals surface area contributed by atoms with Gasteiger partial charge < -0.3 is 9.47 Å². The lowest BCUT2D eigenvalue weighted by Crippen LogP contribution is -2.28. The van der Waals surface area contributed by atoms with Gasteiger partial charge in [0, 0.05) is 17.8 Å². The molecule has 0 bridgehead atoms. The Morgan fingerprint density at radius 3 is 2.37 bits per heavy atom. The number of anilines is 1. The topological polar surface area (TPSA) is 116 Å². The van der Waals surface area contributed by atoms with E-state index in [0.29, 0.717) is 23.3 Å². The van der Waals surface area contributed by atoms with E-state index in [1.54, 1.807) is 27.7 Å². The van der Waals surface area contributed by atoms with E-state index in [-0.39, 0.29) is 27.8 Å². The molecule has 0 aliphatic rings. The first-order valence-electron chi connectivity index (χ1n) is 10.6.